The maximum Gasteiger partial charge on any atom is 0.410 e. The first-order valence-electron chi connectivity index (χ1n) is 27.4. The summed E-state index contributed by atoms with van der Waals surface area (Å²) in [7, 11) is 1.55. The van der Waals surface area contributed by atoms with Gasteiger partial charge in [0.1, 0.15) is 51.9 Å². The van der Waals surface area contributed by atoms with E-state index in [-0.39, 0.29) is 42.7 Å². The molecule has 4 atom stereocenters. The van der Waals surface area contributed by atoms with E-state index in [1.54, 1.807) is 46.1 Å². The lowest BCUT2D eigenvalue weighted by atomic mass is 9.83. The number of carbonyl (C=O) groups excluding carboxylic acids is 4. The number of aryl methyl sites for hydroxylation is 2. The SMILES string of the molecule is Cc1sc2c(c1C)C(c1ccc(Cl)cc1)=N[C@@H](CC(=O)NCCOCCOCCOc1ccc3ccccc3c1-c1csc([C@@H]3CCCN3C(=O)[C@@H](NC(=O)[C@H](C)N(C)C(=O)OC(C)(C)C)C3CCCCC3)n1)c1nnc(C)n1-2. The summed E-state index contributed by atoms with van der Waals surface area (Å²) in [6, 6.07) is 17.3. The van der Waals surface area contributed by atoms with E-state index in [2.05, 4.69) is 46.8 Å². The molecule has 4 amide bonds. The number of hydrogen-bond donors (Lipinski definition) is 2. The minimum absolute atomic E-state index is 0.0137. The molecule has 20 heteroatoms. The number of hydrogen-bond acceptors (Lipinski definition) is 14. The van der Waals surface area contributed by atoms with Gasteiger partial charge in [-0.25, -0.2) is 9.78 Å². The predicted octanol–water partition coefficient (Wildman–Crippen LogP) is 10.7. The fourth-order valence-corrected chi connectivity index (χ4v) is 12.9. The summed E-state index contributed by atoms with van der Waals surface area (Å²) >= 11 is 9.47. The number of aromatic nitrogens is 4. The number of ether oxygens (including phenoxy) is 4. The zero-order valence-electron chi connectivity index (χ0n) is 46.4. The summed E-state index contributed by atoms with van der Waals surface area (Å²) in [4.78, 5) is 69.8. The standard InChI is InChI=1S/C59H72ClN9O8S2/c1-35-37(3)79-57-49(35)51(41-20-23-42(60)24-21-41)62-44(53-66-65-38(4)69(53)57)33-48(70)61-26-28-74-29-30-75-31-32-76-47-25-22-39-15-12-13-18-43(39)50(47)45-34-78-55(63-45)46-19-14-27-68(46)56(72)52(40-16-10-9-11-17-40)64-54(71)36(2)67(8)58(73)77-59(5,6)7/h12-13,15,18,20-25,34,36,40,44,46,52H,9-11,14,16-17,19,26-33H2,1-8H3,(H,61,70)(H,64,71)/t36-,44-,46-,52-/m0/s1. The number of carbonyl (C=O) groups is 4. The quantitative estimate of drug-likeness (QED) is 0.0692. The third-order valence-electron chi connectivity index (χ3n) is 15.0. The van der Waals surface area contributed by atoms with Crippen LogP contribution in [0.15, 0.2) is 71.0 Å². The number of likely N-dealkylation sites (tertiary alicyclic amines) is 1. The molecule has 2 N–H and O–H groups in total. The first-order valence-corrected chi connectivity index (χ1v) is 29.5. The van der Waals surface area contributed by atoms with Gasteiger partial charge < -0.3 is 34.5 Å². The van der Waals surface area contributed by atoms with Crippen LogP contribution in [0.5, 0.6) is 5.75 Å². The van der Waals surface area contributed by atoms with Crippen molar-refractivity contribution in [1.82, 2.24) is 40.2 Å². The smallest absolute Gasteiger partial charge is 0.410 e. The molecule has 1 saturated heterocycles. The molecule has 6 aromatic rings. The van der Waals surface area contributed by atoms with Crippen molar-refractivity contribution >= 4 is 74.6 Å². The molecule has 0 unspecified atom stereocenters. The summed E-state index contributed by atoms with van der Waals surface area (Å²) in [5.41, 5.74) is 4.74. The molecule has 3 aromatic heterocycles. The van der Waals surface area contributed by atoms with Crippen molar-refractivity contribution in [3.63, 3.8) is 0 Å². The molecular weight excluding hydrogens is 1060 g/mol. The van der Waals surface area contributed by atoms with Gasteiger partial charge in [-0.15, -0.1) is 32.9 Å². The number of thiazole rings is 1. The third-order valence-corrected chi connectivity index (χ3v) is 17.4. The van der Waals surface area contributed by atoms with Crippen LogP contribution in [0.3, 0.4) is 0 Å². The minimum Gasteiger partial charge on any atom is -0.490 e. The van der Waals surface area contributed by atoms with E-state index < -0.39 is 29.8 Å². The van der Waals surface area contributed by atoms with Crippen molar-refractivity contribution in [3.8, 4) is 22.0 Å². The Kier molecular flexibility index (Phi) is 18.5. The monoisotopic (exact) mass is 1130 g/mol. The number of halogens is 1. The first-order chi connectivity index (χ1) is 38.0. The highest BCUT2D eigenvalue weighted by Crippen LogP contribution is 2.43. The van der Waals surface area contributed by atoms with Gasteiger partial charge in [-0.1, -0.05) is 73.3 Å². The molecule has 2 aliphatic heterocycles. The first kappa shape index (κ1) is 57.4. The van der Waals surface area contributed by atoms with Crippen LogP contribution in [-0.4, -0.2) is 130 Å². The lowest BCUT2D eigenvalue weighted by Gasteiger charge is -2.36. The van der Waals surface area contributed by atoms with Gasteiger partial charge in [0, 0.05) is 46.5 Å². The van der Waals surface area contributed by atoms with Crippen LogP contribution in [0.2, 0.25) is 5.02 Å². The zero-order valence-corrected chi connectivity index (χ0v) is 48.8. The number of rotatable bonds is 20. The fraction of sp³-hybridized carbons (Fsp3) is 0.492. The Balaban J connectivity index is 0.775. The van der Waals surface area contributed by atoms with Crippen LogP contribution in [-0.2, 0) is 28.6 Å². The van der Waals surface area contributed by atoms with Crippen LogP contribution in [0.4, 0.5) is 4.79 Å². The molecule has 1 aliphatic carbocycles. The van der Waals surface area contributed by atoms with Gasteiger partial charge in [0.25, 0.3) is 0 Å². The second-order valence-electron chi connectivity index (χ2n) is 21.6. The van der Waals surface area contributed by atoms with Gasteiger partial charge >= 0.3 is 6.09 Å². The molecule has 0 spiro atoms. The molecule has 3 aromatic carbocycles. The predicted molar refractivity (Wildman–Crippen MR) is 309 cm³/mol. The van der Waals surface area contributed by atoms with Gasteiger partial charge in [0.2, 0.25) is 17.7 Å². The Labute approximate surface area is 475 Å². The summed E-state index contributed by atoms with van der Waals surface area (Å²) in [6.07, 6.45) is 5.81. The molecule has 420 valence electrons. The Hall–Kier alpha value is -6.25. The lowest BCUT2D eigenvalue weighted by Crippen LogP contribution is -2.56. The molecule has 3 aliphatic rings. The van der Waals surface area contributed by atoms with Gasteiger partial charge in [-0.05, 0) is 115 Å². The van der Waals surface area contributed by atoms with E-state index in [4.69, 9.17) is 40.5 Å². The summed E-state index contributed by atoms with van der Waals surface area (Å²) in [5.74, 6) is 1.33. The van der Waals surface area contributed by atoms with Crippen LogP contribution in [0.1, 0.15) is 129 Å². The second-order valence-corrected chi connectivity index (χ2v) is 24.1. The van der Waals surface area contributed by atoms with Crippen LogP contribution in [0, 0.1) is 26.7 Å². The number of nitrogens with zero attached hydrogens (tertiary/aromatic N) is 7. The number of fused-ring (bicyclic) bond motifs is 4. The molecule has 0 bridgehead atoms. The van der Waals surface area contributed by atoms with Crippen LogP contribution < -0.4 is 15.4 Å². The topological polar surface area (TPSA) is 192 Å². The maximum atomic E-state index is 14.8. The summed E-state index contributed by atoms with van der Waals surface area (Å²) < 4.78 is 25.8. The Morgan fingerprint density at radius 3 is 2.37 bits per heavy atom. The number of thiophene rings is 1. The Morgan fingerprint density at radius 1 is 0.873 bits per heavy atom. The molecular formula is C59H72ClN9O8S2. The fourth-order valence-electron chi connectivity index (χ4n) is 10.6. The number of nitrogens with one attached hydrogen (secondary N) is 2. The van der Waals surface area contributed by atoms with Crippen molar-refractivity contribution < 1.29 is 38.1 Å². The number of aliphatic imine (C=N–C) groups is 1. The van der Waals surface area contributed by atoms with E-state index in [1.807, 2.05) is 70.3 Å². The number of amides is 4. The van der Waals surface area contributed by atoms with Crippen molar-refractivity contribution in [1.29, 1.82) is 0 Å². The van der Waals surface area contributed by atoms with Gasteiger partial charge in [0.05, 0.1) is 55.9 Å². The molecule has 0 radical (unpaired) electrons. The van der Waals surface area contributed by atoms with E-state index in [9.17, 15) is 19.2 Å². The highest BCUT2D eigenvalue weighted by molar-refractivity contribution is 7.15. The van der Waals surface area contributed by atoms with Crippen LogP contribution in [0.25, 0.3) is 27.0 Å². The van der Waals surface area contributed by atoms with Crippen molar-refractivity contribution in [2.75, 3.05) is 53.2 Å². The highest BCUT2D eigenvalue weighted by Gasteiger charge is 2.41. The van der Waals surface area contributed by atoms with E-state index in [0.717, 1.165) is 105 Å². The number of benzene rings is 3. The Morgan fingerprint density at radius 2 is 1.61 bits per heavy atom. The third kappa shape index (κ3) is 13.3. The molecule has 9 rings (SSSR count). The molecule has 79 heavy (non-hydrogen) atoms. The lowest BCUT2D eigenvalue weighted by molar-refractivity contribution is -0.140. The number of likely N-dealkylation sites (N-methyl/N-ethyl adjacent to an activating group) is 1. The Bertz CT molecular complexity index is 3180. The van der Waals surface area contributed by atoms with E-state index >= 15 is 0 Å². The average molecular weight is 1130 g/mol. The van der Waals surface area contributed by atoms with Crippen molar-refractivity contribution in [2.24, 2.45) is 10.9 Å². The molecule has 5 heterocycles. The largest absolute Gasteiger partial charge is 0.490 e. The molecule has 17 nitrogen and oxygen atoms in total. The second kappa shape index (κ2) is 25.5. The van der Waals surface area contributed by atoms with E-state index in [1.165, 1.54) is 21.1 Å². The summed E-state index contributed by atoms with van der Waals surface area (Å²) in [6.45, 7) is 15.6. The normalized spacial score (nSPS) is 17.3. The minimum atomic E-state index is -0.849. The van der Waals surface area contributed by atoms with Gasteiger partial charge in [0.15, 0.2) is 5.82 Å². The molecule has 2 fully saturated rings. The molecule has 1 saturated carbocycles. The zero-order chi connectivity index (χ0) is 56.0. The van der Waals surface area contributed by atoms with Crippen molar-refractivity contribution in [2.45, 2.75) is 130 Å². The van der Waals surface area contributed by atoms with Crippen LogP contribution >= 0.6 is 34.3 Å². The maximum absolute atomic E-state index is 14.8. The summed E-state index contributed by atoms with van der Waals surface area (Å²) in [5, 5.41) is 21.5. The van der Waals surface area contributed by atoms with E-state index in [0.29, 0.717) is 56.1 Å². The van der Waals surface area contributed by atoms with Crippen molar-refractivity contribution in [3.05, 3.63) is 109 Å². The van der Waals surface area contributed by atoms with Gasteiger partial charge in [-0.2, -0.15) is 0 Å². The average Bonchev–Trinajstić information content (AvgIpc) is 4.46. The highest BCUT2D eigenvalue weighted by atomic mass is 35.5. The van der Waals surface area contributed by atoms with Gasteiger partial charge in [-0.3, -0.25) is 28.8 Å².